The number of nitrogens with two attached hydrogens (primary N) is 1. The first-order chi connectivity index (χ1) is 7.09. The number of hydrogen-bond acceptors (Lipinski definition) is 5. The molecule has 0 radical (unpaired) electrons. The molecule has 15 heavy (non-hydrogen) atoms. The second kappa shape index (κ2) is 3.63. The van der Waals surface area contributed by atoms with Crippen molar-refractivity contribution in [3.8, 4) is 9.75 Å². The molecule has 0 spiro atoms. The van der Waals surface area contributed by atoms with Gasteiger partial charge in [0.2, 0.25) is 0 Å². The first-order valence-corrected chi connectivity index (χ1v) is 5.83. The zero-order valence-electron chi connectivity index (χ0n) is 7.85. The summed E-state index contributed by atoms with van der Waals surface area (Å²) in [6, 6.07) is 1.95. The van der Waals surface area contributed by atoms with Crippen molar-refractivity contribution in [1.82, 2.24) is 4.98 Å². The maximum absolute atomic E-state index is 10.9. The molecule has 0 aliphatic heterocycles. The Morgan fingerprint density at radius 2 is 2.27 bits per heavy atom. The highest BCUT2D eigenvalue weighted by molar-refractivity contribution is 7.23. The molecule has 2 aromatic rings. The van der Waals surface area contributed by atoms with Gasteiger partial charge in [-0.3, -0.25) is 0 Å². The number of aromatic nitrogens is 1. The molecule has 2 heterocycles. The molecule has 0 fully saturated rings. The van der Waals surface area contributed by atoms with Crippen LogP contribution in [0.25, 0.3) is 9.75 Å². The number of thiophene rings is 1. The number of aromatic carboxylic acids is 1. The van der Waals surface area contributed by atoms with E-state index >= 15 is 0 Å². The summed E-state index contributed by atoms with van der Waals surface area (Å²) in [6.07, 6.45) is 0. The molecule has 0 aliphatic carbocycles. The van der Waals surface area contributed by atoms with Gasteiger partial charge in [-0.2, -0.15) is 0 Å². The minimum absolute atomic E-state index is 0.0445. The average molecular weight is 240 g/mol. The number of carboxylic acids is 1. The lowest BCUT2D eigenvalue weighted by Gasteiger charge is -1.95. The largest absolute Gasteiger partial charge is 0.476 e. The van der Waals surface area contributed by atoms with E-state index in [9.17, 15) is 4.79 Å². The molecule has 0 atom stereocenters. The van der Waals surface area contributed by atoms with Crippen LogP contribution >= 0.6 is 22.7 Å². The van der Waals surface area contributed by atoms with Crippen molar-refractivity contribution in [1.29, 1.82) is 0 Å². The Balaban J connectivity index is 2.62. The van der Waals surface area contributed by atoms with Crippen LogP contribution in [0.5, 0.6) is 0 Å². The number of nitrogens with zero attached hydrogens (tertiary/aromatic N) is 1. The van der Waals surface area contributed by atoms with E-state index < -0.39 is 5.97 Å². The fourth-order valence-electron chi connectivity index (χ4n) is 1.24. The van der Waals surface area contributed by atoms with E-state index in [2.05, 4.69) is 4.98 Å². The smallest absolute Gasteiger partial charge is 0.356 e. The standard InChI is InChI=1S/C9H8N2O2S2/c1-4-2-3-14-6(4)7-5(8(12)13)11-9(10)15-7/h2-3H,1H3,(H2,10,11)(H,12,13). The van der Waals surface area contributed by atoms with Gasteiger partial charge in [-0.1, -0.05) is 11.3 Å². The maximum Gasteiger partial charge on any atom is 0.356 e. The number of rotatable bonds is 2. The van der Waals surface area contributed by atoms with Crippen LogP contribution in [0.15, 0.2) is 11.4 Å². The number of anilines is 1. The summed E-state index contributed by atoms with van der Waals surface area (Å²) in [5, 5.41) is 11.2. The first kappa shape index (κ1) is 10.1. The van der Waals surface area contributed by atoms with E-state index in [-0.39, 0.29) is 10.8 Å². The van der Waals surface area contributed by atoms with Crippen LogP contribution in [-0.2, 0) is 0 Å². The summed E-state index contributed by atoms with van der Waals surface area (Å²) >= 11 is 2.71. The predicted molar refractivity (Wildman–Crippen MR) is 61.5 cm³/mol. The number of aryl methyl sites for hydroxylation is 1. The molecular formula is C9H8N2O2S2. The molecule has 0 amide bonds. The van der Waals surface area contributed by atoms with E-state index in [1.54, 1.807) is 0 Å². The fraction of sp³-hybridized carbons (Fsp3) is 0.111. The Morgan fingerprint density at radius 1 is 1.53 bits per heavy atom. The highest BCUT2D eigenvalue weighted by atomic mass is 32.1. The summed E-state index contributed by atoms with van der Waals surface area (Å²) in [7, 11) is 0. The predicted octanol–water partition coefficient (Wildman–Crippen LogP) is 2.46. The minimum Gasteiger partial charge on any atom is -0.476 e. The third-order valence-electron chi connectivity index (χ3n) is 1.91. The molecule has 0 bridgehead atoms. The van der Waals surface area contributed by atoms with Gasteiger partial charge in [0.05, 0.1) is 4.88 Å². The van der Waals surface area contributed by atoms with Gasteiger partial charge in [-0.25, -0.2) is 9.78 Å². The molecule has 0 unspecified atom stereocenters. The molecule has 6 heteroatoms. The van der Waals surface area contributed by atoms with Gasteiger partial charge >= 0.3 is 5.97 Å². The van der Waals surface area contributed by atoms with E-state index in [1.807, 2.05) is 18.4 Å². The Morgan fingerprint density at radius 3 is 2.80 bits per heavy atom. The van der Waals surface area contributed by atoms with Crippen LogP contribution in [0.1, 0.15) is 16.1 Å². The van der Waals surface area contributed by atoms with Gasteiger partial charge in [0.25, 0.3) is 0 Å². The van der Waals surface area contributed by atoms with E-state index in [4.69, 9.17) is 10.8 Å². The van der Waals surface area contributed by atoms with Gasteiger partial charge in [-0.15, -0.1) is 11.3 Å². The Kier molecular flexibility index (Phi) is 2.45. The second-order valence-electron chi connectivity index (χ2n) is 2.97. The lowest BCUT2D eigenvalue weighted by molar-refractivity contribution is 0.0692. The lowest BCUT2D eigenvalue weighted by Crippen LogP contribution is -1.99. The quantitative estimate of drug-likeness (QED) is 0.845. The zero-order chi connectivity index (χ0) is 11.0. The van der Waals surface area contributed by atoms with Crippen LogP contribution in [0.4, 0.5) is 5.13 Å². The topological polar surface area (TPSA) is 76.2 Å². The Bertz CT molecular complexity index is 516. The molecular weight excluding hydrogens is 232 g/mol. The molecule has 0 aliphatic rings. The van der Waals surface area contributed by atoms with Crippen molar-refractivity contribution >= 4 is 33.8 Å². The highest BCUT2D eigenvalue weighted by Crippen LogP contribution is 2.37. The first-order valence-electron chi connectivity index (χ1n) is 4.13. The van der Waals surface area contributed by atoms with Crippen LogP contribution in [0.3, 0.4) is 0 Å². The molecule has 0 saturated heterocycles. The van der Waals surface area contributed by atoms with Crippen molar-refractivity contribution in [2.75, 3.05) is 5.73 Å². The van der Waals surface area contributed by atoms with Crippen molar-refractivity contribution in [3.05, 3.63) is 22.7 Å². The molecule has 78 valence electrons. The van der Waals surface area contributed by atoms with Crippen LogP contribution < -0.4 is 5.73 Å². The zero-order valence-corrected chi connectivity index (χ0v) is 9.48. The molecule has 4 nitrogen and oxygen atoms in total. The van der Waals surface area contributed by atoms with Gasteiger partial charge < -0.3 is 10.8 Å². The number of carboxylic acid groups (broad SMARTS) is 1. The van der Waals surface area contributed by atoms with Crippen LogP contribution in [0, 0.1) is 6.92 Å². The Hall–Kier alpha value is -1.40. The van der Waals surface area contributed by atoms with E-state index in [1.165, 1.54) is 22.7 Å². The van der Waals surface area contributed by atoms with Crippen LogP contribution in [0.2, 0.25) is 0 Å². The van der Waals surface area contributed by atoms with Crippen molar-refractivity contribution in [3.63, 3.8) is 0 Å². The summed E-state index contributed by atoms with van der Waals surface area (Å²) < 4.78 is 0. The molecule has 3 N–H and O–H groups in total. The van der Waals surface area contributed by atoms with Crippen LogP contribution in [-0.4, -0.2) is 16.1 Å². The summed E-state index contributed by atoms with van der Waals surface area (Å²) in [5.41, 5.74) is 6.61. The van der Waals surface area contributed by atoms with Gasteiger partial charge in [0.15, 0.2) is 10.8 Å². The number of thiazole rings is 1. The fourth-order valence-corrected chi connectivity index (χ4v) is 3.21. The maximum atomic E-state index is 10.9. The number of carbonyl (C=O) groups is 1. The lowest BCUT2D eigenvalue weighted by atomic mass is 10.2. The number of nitrogen functional groups attached to an aromatic ring is 1. The summed E-state index contributed by atoms with van der Waals surface area (Å²) in [6.45, 7) is 1.94. The third kappa shape index (κ3) is 1.73. The average Bonchev–Trinajstić information content (AvgIpc) is 2.71. The Labute approximate surface area is 94.0 Å². The number of hydrogen-bond donors (Lipinski definition) is 2. The minimum atomic E-state index is -1.04. The van der Waals surface area contributed by atoms with E-state index in [0.717, 1.165) is 10.4 Å². The monoisotopic (exact) mass is 240 g/mol. The van der Waals surface area contributed by atoms with Gasteiger partial charge in [0, 0.05) is 4.88 Å². The van der Waals surface area contributed by atoms with Gasteiger partial charge in [0.1, 0.15) is 0 Å². The molecule has 0 saturated carbocycles. The molecule has 2 rings (SSSR count). The normalized spacial score (nSPS) is 10.5. The van der Waals surface area contributed by atoms with Crippen molar-refractivity contribution < 1.29 is 9.90 Å². The second-order valence-corrected chi connectivity index (χ2v) is 4.91. The SMILES string of the molecule is Cc1ccsc1-c1sc(N)nc1C(=O)O. The van der Waals surface area contributed by atoms with Gasteiger partial charge in [-0.05, 0) is 23.9 Å². The van der Waals surface area contributed by atoms with Crippen molar-refractivity contribution in [2.24, 2.45) is 0 Å². The van der Waals surface area contributed by atoms with Crippen molar-refractivity contribution in [2.45, 2.75) is 6.92 Å². The third-order valence-corrected chi connectivity index (χ3v) is 3.98. The van der Waals surface area contributed by atoms with E-state index in [0.29, 0.717) is 4.88 Å². The molecule has 2 aromatic heterocycles. The summed E-state index contributed by atoms with van der Waals surface area (Å²) in [5.74, 6) is -1.04. The summed E-state index contributed by atoms with van der Waals surface area (Å²) in [4.78, 5) is 16.3. The highest BCUT2D eigenvalue weighted by Gasteiger charge is 2.19. The molecule has 0 aromatic carbocycles.